The van der Waals surface area contributed by atoms with E-state index in [0.29, 0.717) is 42.4 Å². The number of rotatable bonds is 11. The molecular weight excluding hydrogens is 611 g/mol. The lowest BCUT2D eigenvalue weighted by Gasteiger charge is -2.28. The van der Waals surface area contributed by atoms with Crippen molar-refractivity contribution < 1.29 is 36.2 Å². The van der Waals surface area contributed by atoms with Crippen LogP contribution in [0.1, 0.15) is 25.7 Å². The van der Waals surface area contributed by atoms with E-state index in [4.69, 9.17) is 24.6 Å². The van der Waals surface area contributed by atoms with Crippen molar-refractivity contribution in [2.45, 2.75) is 36.8 Å². The summed E-state index contributed by atoms with van der Waals surface area (Å²) in [7, 11) is -1.89. The van der Waals surface area contributed by atoms with Gasteiger partial charge in [0.2, 0.25) is 16.0 Å². The van der Waals surface area contributed by atoms with Crippen LogP contribution in [0.15, 0.2) is 71.6 Å². The third-order valence-corrected chi connectivity index (χ3v) is 9.04. The molecule has 10 nitrogen and oxygen atoms in total. The Kier molecular flexibility index (Phi) is 11.5. The van der Waals surface area contributed by atoms with Crippen molar-refractivity contribution in [2.24, 2.45) is 11.8 Å². The molecule has 0 spiro atoms. The Morgan fingerprint density at radius 2 is 1.49 bits per heavy atom. The first-order valence-electron chi connectivity index (χ1n) is 14.5. The Morgan fingerprint density at radius 3 is 2.16 bits per heavy atom. The summed E-state index contributed by atoms with van der Waals surface area (Å²) in [5.74, 6) is -0.496. The molecule has 0 bridgehead atoms. The van der Waals surface area contributed by atoms with E-state index in [-0.39, 0.29) is 0 Å². The molecule has 0 unspecified atom stereocenters. The number of anilines is 2. The number of sulfonamides is 1. The van der Waals surface area contributed by atoms with Gasteiger partial charge in [-0.05, 0) is 61.1 Å². The molecule has 1 aromatic heterocycles. The molecular formula is C31H36F3N5O5S. The zero-order valence-corrected chi connectivity index (χ0v) is 25.5. The summed E-state index contributed by atoms with van der Waals surface area (Å²) >= 11 is 0. The molecule has 45 heavy (non-hydrogen) atoms. The Labute approximate surface area is 259 Å². The minimum Gasteiger partial charge on any atom is -0.475 e. The third-order valence-electron chi connectivity index (χ3n) is 7.56. The molecule has 1 heterocycles. The Morgan fingerprint density at radius 1 is 0.889 bits per heavy atom. The number of carbonyl (C=O) groups is 1. The molecule has 14 heteroatoms. The first kappa shape index (κ1) is 33.9. The molecule has 1 aliphatic carbocycles. The average Bonchev–Trinajstić information content (AvgIpc) is 3.03. The van der Waals surface area contributed by atoms with Crippen LogP contribution in [0.3, 0.4) is 0 Å². The average molecular weight is 648 g/mol. The smallest absolute Gasteiger partial charge is 0.475 e. The largest absolute Gasteiger partial charge is 0.490 e. The summed E-state index contributed by atoms with van der Waals surface area (Å²) in [4.78, 5) is 18.7. The summed E-state index contributed by atoms with van der Waals surface area (Å²) in [6, 6.07) is 21.0. The van der Waals surface area contributed by atoms with Crippen molar-refractivity contribution in [3.63, 3.8) is 0 Å². The Balaban J connectivity index is 0.000000591. The predicted octanol–water partition coefficient (Wildman–Crippen LogP) is 5.67. The molecule has 0 aliphatic heterocycles. The number of para-hydroxylation sites is 1. The lowest BCUT2D eigenvalue weighted by atomic mass is 9.82. The maximum Gasteiger partial charge on any atom is 0.490 e. The number of benzene rings is 3. The van der Waals surface area contributed by atoms with Crippen LogP contribution in [-0.2, 0) is 19.6 Å². The number of hydrogen-bond acceptors (Lipinski definition) is 8. The fraction of sp³-hybridized carbons (Fsp3) is 0.387. The highest BCUT2D eigenvalue weighted by Crippen LogP contribution is 2.30. The quantitative estimate of drug-likeness (QED) is 0.152. The molecule has 4 aromatic rings. The van der Waals surface area contributed by atoms with Crippen molar-refractivity contribution >= 4 is 49.4 Å². The van der Waals surface area contributed by atoms with E-state index < -0.39 is 22.2 Å². The molecule has 3 aromatic carbocycles. The molecule has 242 valence electrons. The second-order valence-electron chi connectivity index (χ2n) is 10.7. The van der Waals surface area contributed by atoms with Crippen LogP contribution in [-0.4, -0.2) is 69.0 Å². The molecule has 1 saturated carbocycles. The van der Waals surface area contributed by atoms with Gasteiger partial charge < -0.3 is 20.5 Å². The van der Waals surface area contributed by atoms with Gasteiger partial charge in [0.1, 0.15) is 5.82 Å². The molecule has 0 saturated heterocycles. The van der Waals surface area contributed by atoms with Crippen LogP contribution in [0.4, 0.5) is 24.9 Å². The summed E-state index contributed by atoms with van der Waals surface area (Å²) in [6.45, 7) is 2.54. The first-order chi connectivity index (χ1) is 21.5. The van der Waals surface area contributed by atoms with Crippen molar-refractivity contribution in [1.82, 2.24) is 14.7 Å². The van der Waals surface area contributed by atoms with E-state index in [1.54, 1.807) is 19.2 Å². The Bertz CT molecular complexity index is 1690. The molecule has 0 atom stereocenters. The number of ether oxygens (including phenoxy) is 1. The highest BCUT2D eigenvalue weighted by atomic mass is 32.2. The highest BCUT2D eigenvalue weighted by molar-refractivity contribution is 7.89. The minimum absolute atomic E-state index is 0.338. The van der Waals surface area contributed by atoms with Gasteiger partial charge in [-0.2, -0.15) is 18.2 Å². The van der Waals surface area contributed by atoms with Gasteiger partial charge in [0, 0.05) is 37.5 Å². The monoisotopic (exact) mass is 647 g/mol. The number of methoxy groups -OCH3 is 1. The number of hydrogen-bond donors (Lipinski definition) is 4. The van der Waals surface area contributed by atoms with Crippen LogP contribution >= 0.6 is 0 Å². The van der Waals surface area contributed by atoms with Crippen LogP contribution < -0.4 is 15.4 Å². The van der Waals surface area contributed by atoms with Gasteiger partial charge in [-0.1, -0.05) is 48.5 Å². The zero-order valence-electron chi connectivity index (χ0n) is 24.7. The van der Waals surface area contributed by atoms with Crippen LogP contribution in [0.2, 0.25) is 0 Å². The number of nitrogens with zero attached hydrogens (tertiary/aromatic N) is 2. The van der Waals surface area contributed by atoms with Crippen molar-refractivity contribution in [3.8, 4) is 0 Å². The number of nitrogens with one attached hydrogen (secondary N) is 3. The second kappa shape index (κ2) is 15.3. The summed E-state index contributed by atoms with van der Waals surface area (Å²) in [5.41, 5.74) is 0.895. The molecule has 0 amide bonds. The van der Waals surface area contributed by atoms with E-state index in [0.717, 1.165) is 59.7 Å². The lowest BCUT2D eigenvalue weighted by molar-refractivity contribution is -0.192. The predicted molar refractivity (Wildman–Crippen MR) is 167 cm³/mol. The fourth-order valence-electron chi connectivity index (χ4n) is 5.17. The number of aliphatic carboxylic acids is 1. The molecule has 1 aliphatic rings. The van der Waals surface area contributed by atoms with Gasteiger partial charge in [0.05, 0.1) is 17.0 Å². The van der Waals surface area contributed by atoms with Gasteiger partial charge in [0.25, 0.3) is 0 Å². The van der Waals surface area contributed by atoms with E-state index in [1.165, 1.54) is 0 Å². The standard InChI is InChI=1S/C29H35N5O3S.C2HF3O2/c1-37-18-17-30-28-25-10-4-5-11-26(25)33-29(34-28)31-19-21-13-15-22(16-14-21)20-32-38(35,36)27-12-6-8-23-7-2-3-9-24(23)27;3-2(4,5)1(6)7/h2-12,21-22,32H,13-20H2,1H3,(H2,30,31,33,34);(H,6,7). The molecule has 5 rings (SSSR count). The number of halogens is 3. The van der Waals surface area contributed by atoms with Gasteiger partial charge in [-0.25, -0.2) is 22.9 Å². The van der Waals surface area contributed by atoms with Crippen LogP contribution in [0.5, 0.6) is 0 Å². The molecule has 0 radical (unpaired) electrons. The van der Waals surface area contributed by atoms with Crippen molar-refractivity contribution in [3.05, 3.63) is 66.7 Å². The summed E-state index contributed by atoms with van der Waals surface area (Å²) in [6.07, 6.45) is -1.01. The number of alkyl halides is 3. The number of carboxylic acids is 1. The van der Waals surface area contributed by atoms with Crippen LogP contribution in [0, 0.1) is 11.8 Å². The van der Waals surface area contributed by atoms with Gasteiger partial charge in [0.15, 0.2) is 0 Å². The summed E-state index contributed by atoms with van der Waals surface area (Å²) in [5, 5.41) is 16.6. The normalized spacial score (nSPS) is 17.0. The Hall–Kier alpha value is -4.01. The van der Waals surface area contributed by atoms with Crippen molar-refractivity contribution in [2.75, 3.05) is 44.0 Å². The second-order valence-corrected chi connectivity index (χ2v) is 12.5. The zero-order chi connectivity index (χ0) is 32.5. The maximum atomic E-state index is 13.1. The maximum absolute atomic E-state index is 13.1. The first-order valence-corrected chi connectivity index (χ1v) is 16.0. The topological polar surface area (TPSA) is 143 Å². The lowest BCUT2D eigenvalue weighted by Crippen LogP contribution is -2.32. The van der Waals surface area contributed by atoms with E-state index in [2.05, 4.69) is 15.4 Å². The minimum atomic E-state index is -5.08. The molecule has 4 N–H and O–H groups in total. The SMILES string of the molecule is COCCNc1nc(NCC2CCC(CNS(=O)(=O)c3cccc4ccccc34)CC2)nc2ccccc12.O=C(O)C(F)(F)F. The van der Waals surface area contributed by atoms with E-state index >= 15 is 0 Å². The van der Waals surface area contributed by atoms with Gasteiger partial charge in [-0.3, -0.25) is 0 Å². The fourth-order valence-corrected chi connectivity index (χ4v) is 6.52. The number of fused-ring (bicyclic) bond motifs is 2. The van der Waals surface area contributed by atoms with Crippen LogP contribution in [0.25, 0.3) is 21.7 Å². The molecule has 1 fully saturated rings. The highest BCUT2D eigenvalue weighted by Gasteiger charge is 2.38. The van der Waals surface area contributed by atoms with Gasteiger partial charge >= 0.3 is 12.1 Å². The number of aromatic nitrogens is 2. The van der Waals surface area contributed by atoms with E-state index in [1.807, 2.05) is 54.6 Å². The number of carboxylic acid groups (broad SMARTS) is 1. The third kappa shape index (κ3) is 9.49. The van der Waals surface area contributed by atoms with E-state index in [9.17, 15) is 21.6 Å². The van der Waals surface area contributed by atoms with Gasteiger partial charge in [-0.15, -0.1) is 0 Å². The summed E-state index contributed by atoms with van der Waals surface area (Å²) < 4.78 is 65.9. The van der Waals surface area contributed by atoms with Crippen molar-refractivity contribution in [1.29, 1.82) is 0 Å².